The van der Waals surface area contributed by atoms with Crippen molar-refractivity contribution in [2.45, 2.75) is 6.92 Å². The normalized spacial score (nSPS) is 10.5. The fourth-order valence-electron chi connectivity index (χ4n) is 1.69. The number of benzene rings is 1. The lowest BCUT2D eigenvalue weighted by Crippen LogP contribution is -1.99. The van der Waals surface area contributed by atoms with Crippen LogP contribution in [0.4, 0.5) is 0 Å². The minimum atomic E-state index is -1.04. The average molecular weight is 251 g/mol. The Labute approximate surface area is 103 Å². The van der Waals surface area contributed by atoms with E-state index in [2.05, 4.69) is 5.10 Å². The summed E-state index contributed by atoms with van der Waals surface area (Å²) in [6.45, 7) is 1.94. The monoisotopic (exact) mass is 250 g/mol. The number of hydrogen-bond donors (Lipinski definition) is 1. The summed E-state index contributed by atoms with van der Waals surface area (Å²) in [5.41, 5.74) is 2.68. The second-order valence-corrected chi connectivity index (χ2v) is 4.24. The molecular formula is C12H11ClN2O2. The molecule has 2 aromatic rings. The minimum Gasteiger partial charge on any atom is -0.476 e. The highest BCUT2D eigenvalue weighted by atomic mass is 35.5. The minimum absolute atomic E-state index is 0.0295. The van der Waals surface area contributed by atoms with Crippen molar-refractivity contribution in [3.05, 3.63) is 40.5 Å². The zero-order valence-electron chi connectivity index (χ0n) is 9.44. The van der Waals surface area contributed by atoms with Crippen molar-refractivity contribution in [2.24, 2.45) is 7.05 Å². The largest absolute Gasteiger partial charge is 0.476 e. The summed E-state index contributed by atoms with van der Waals surface area (Å²) >= 11 is 5.94. The number of nitrogens with zero attached hydrogens (tertiary/aromatic N) is 2. The quantitative estimate of drug-likeness (QED) is 0.892. The van der Waals surface area contributed by atoms with E-state index in [0.717, 1.165) is 16.8 Å². The Morgan fingerprint density at radius 2 is 2.12 bits per heavy atom. The molecule has 0 aliphatic rings. The summed E-state index contributed by atoms with van der Waals surface area (Å²) in [7, 11) is 1.71. The van der Waals surface area contributed by atoms with Crippen LogP contribution in [0.2, 0.25) is 5.02 Å². The molecule has 0 saturated heterocycles. The zero-order valence-corrected chi connectivity index (χ0v) is 10.2. The molecule has 0 unspecified atom stereocenters. The van der Waals surface area contributed by atoms with Gasteiger partial charge in [0.1, 0.15) is 0 Å². The van der Waals surface area contributed by atoms with Crippen LogP contribution >= 0.6 is 11.6 Å². The number of carbonyl (C=O) groups is 1. The van der Waals surface area contributed by atoms with Crippen molar-refractivity contribution in [3.63, 3.8) is 0 Å². The molecule has 88 valence electrons. The van der Waals surface area contributed by atoms with Gasteiger partial charge in [-0.1, -0.05) is 17.7 Å². The van der Waals surface area contributed by atoms with E-state index in [1.165, 1.54) is 0 Å². The van der Waals surface area contributed by atoms with E-state index in [1.54, 1.807) is 29.9 Å². The molecule has 0 saturated carbocycles. The molecule has 1 aromatic carbocycles. The van der Waals surface area contributed by atoms with Crippen LogP contribution in [0, 0.1) is 6.92 Å². The van der Waals surface area contributed by atoms with Crippen molar-refractivity contribution >= 4 is 17.6 Å². The lowest BCUT2D eigenvalue weighted by Gasteiger charge is -2.06. The number of aromatic carboxylic acids is 1. The number of aryl methyl sites for hydroxylation is 2. The van der Waals surface area contributed by atoms with Gasteiger partial charge in [-0.05, 0) is 30.7 Å². The smallest absolute Gasteiger partial charge is 0.356 e. The van der Waals surface area contributed by atoms with E-state index in [9.17, 15) is 4.79 Å². The van der Waals surface area contributed by atoms with Crippen molar-refractivity contribution in [2.75, 3.05) is 0 Å². The lowest BCUT2D eigenvalue weighted by molar-refractivity contribution is 0.0689. The number of rotatable bonds is 2. The maximum Gasteiger partial charge on any atom is 0.356 e. The van der Waals surface area contributed by atoms with Gasteiger partial charge >= 0.3 is 5.97 Å². The Morgan fingerprint density at radius 3 is 2.71 bits per heavy atom. The van der Waals surface area contributed by atoms with Crippen LogP contribution in [-0.4, -0.2) is 20.9 Å². The fraction of sp³-hybridized carbons (Fsp3) is 0.167. The molecule has 0 fully saturated rings. The van der Waals surface area contributed by atoms with Crippen molar-refractivity contribution in [3.8, 4) is 11.3 Å². The lowest BCUT2D eigenvalue weighted by atomic mass is 10.1. The molecule has 0 aliphatic heterocycles. The van der Waals surface area contributed by atoms with Crippen LogP contribution in [-0.2, 0) is 7.05 Å². The second-order valence-electron chi connectivity index (χ2n) is 3.80. The Kier molecular flexibility index (Phi) is 2.90. The number of halogens is 1. The van der Waals surface area contributed by atoms with Gasteiger partial charge in [-0.2, -0.15) is 5.10 Å². The topological polar surface area (TPSA) is 55.1 Å². The number of aromatic nitrogens is 2. The molecule has 1 aromatic heterocycles. The van der Waals surface area contributed by atoms with Gasteiger partial charge in [-0.15, -0.1) is 0 Å². The molecule has 0 aliphatic carbocycles. The molecule has 2 rings (SSSR count). The zero-order chi connectivity index (χ0) is 12.6. The van der Waals surface area contributed by atoms with Crippen LogP contribution in [0.1, 0.15) is 16.1 Å². The van der Waals surface area contributed by atoms with Gasteiger partial charge in [0.2, 0.25) is 0 Å². The molecule has 0 spiro atoms. The summed E-state index contributed by atoms with van der Waals surface area (Å²) in [5.74, 6) is -1.04. The van der Waals surface area contributed by atoms with Crippen molar-refractivity contribution in [1.29, 1.82) is 0 Å². The predicted molar refractivity (Wildman–Crippen MR) is 65.4 cm³/mol. The molecule has 1 heterocycles. The maximum absolute atomic E-state index is 10.8. The van der Waals surface area contributed by atoms with E-state index in [1.807, 2.05) is 13.0 Å². The third-order valence-electron chi connectivity index (χ3n) is 2.57. The first-order valence-corrected chi connectivity index (χ1v) is 5.40. The summed E-state index contributed by atoms with van der Waals surface area (Å²) in [6.07, 6.45) is 0. The summed E-state index contributed by atoms with van der Waals surface area (Å²) in [4.78, 5) is 10.8. The molecule has 17 heavy (non-hydrogen) atoms. The highest BCUT2D eigenvalue weighted by molar-refractivity contribution is 6.30. The van der Waals surface area contributed by atoms with Crippen LogP contribution in [0.15, 0.2) is 24.3 Å². The molecule has 0 atom stereocenters. The van der Waals surface area contributed by atoms with Crippen molar-refractivity contribution < 1.29 is 9.90 Å². The summed E-state index contributed by atoms with van der Waals surface area (Å²) in [6, 6.07) is 7.04. The standard InChI is InChI=1S/C12H11ClN2O2/c1-7-3-4-8(13)5-9(7)11-6-10(12(16)17)14-15(11)2/h3-6H,1-2H3,(H,16,17). The molecule has 0 radical (unpaired) electrons. The maximum atomic E-state index is 10.8. The number of carboxylic acids is 1. The molecule has 1 N–H and O–H groups in total. The first-order valence-electron chi connectivity index (χ1n) is 5.03. The van der Waals surface area contributed by atoms with Gasteiger partial charge in [-0.3, -0.25) is 4.68 Å². The van der Waals surface area contributed by atoms with Crippen LogP contribution in [0.3, 0.4) is 0 Å². The first kappa shape index (κ1) is 11.7. The van der Waals surface area contributed by atoms with Crippen LogP contribution < -0.4 is 0 Å². The SMILES string of the molecule is Cc1ccc(Cl)cc1-c1cc(C(=O)O)nn1C. The second kappa shape index (κ2) is 4.22. The van der Waals surface area contributed by atoms with Crippen LogP contribution in [0.25, 0.3) is 11.3 Å². The molecule has 0 bridgehead atoms. The van der Waals surface area contributed by atoms with E-state index in [4.69, 9.17) is 16.7 Å². The molecule has 4 nitrogen and oxygen atoms in total. The Bertz CT molecular complexity index is 590. The predicted octanol–water partition coefficient (Wildman–Crippen LogP) is 2.75. The Morgan fingerprint density at radius 1 is 1.41 bits per heavy atom. The van der Waals surface area contributed by atoms with Gasteiger partial charge in [0, 0.05) is 17.6 Å². The molecular weight excluding hydrogens is 240 g/mol. The van der Waals surface area contributed by atoms with Gasteiger partial charge in [-0.25, -0.2) is 4.79 Å². The average Bonchev–Trinajstić information content (AvgIpc) is 2.64. The van der Waals surface area contributed by atoms with E-state index in [-0.39, 0.29) is 5.69 Å². The molecule has 5 heteroatoms. The summed E-state index contributed by atoms with van der Waals surface area (Å²) < 4.78 is 1.54. The van der Waals surface area contributed by atoms with Gasteiger partial charge < -0.3 is 5.11 Å². The highest BCUT2D eigenvalue weighted by Crippen LogP contribution is 2.26. The number of hydrogen-bond acceptors (Lipinski definition) is 2. The Hall–Kier alpha value is -1.81. The van der Waals surface area contributed by atoms with Gasteiger partial charge in [0.15, 0.2) is 5.69 Å². The van der Waals surface area contributed by atoms with Gasteiger partial charge in [0.25, 0.3) is 0 Å². The van der Waals surface area contributed by atoms with Crippen molar-refractivity contribution in [1.82, 2.24) is 9.78 Å². The first-order chi connectivity index (χ1) is 7.99. The highest BCUT2D eigenvalue weighted by Gasteiger charge is 2.14. The Balaban J connectivity index is 2.60. The van der Waals surface area contributed by atoms with E-state index < -0.39 is 5.97 Å². The van der Waals surface area contributed by atoms with Crippen LogP contribution in [0.5, 0.6) is 0 Å². The fourth-order valence-corrected chi connectivity index (χ4v) is 1.87. The third-order valence-corrected chi connectivity index (χ3v) is 2.81. The van der Waals surface area contributed by atoms with E-state index >= 15 is 0 Å². The summed E-state index contributed by atoms with van der Waals surface area (Å²) in [5, 5.41) is 13.4. The van der Waals surface area contributed by atoms with E-state index in [0.29, 0.717) is 5.02 Å². The van der Waals surface area contributed by atoms with Gasteiger partial charge in [0.05, 0.1) is 5.69 Å². The molecule has 0 amide bonds. The number of carboxylic acid groups (broad SMARTS) is 1. The third kappa shape index (κ3) is 2.17.